The lowest BCUT2D eigenvalue weighted by Crippen LogP contribution is -2.36. The van der Waals surface area contributed by atoms with Gasteiger partial charge in [0.15, 0.2) is 0 Å². The highest BCUT2D eigenvalue weighted by atomic mass is 32.2. The Morgan fingerprint density at radius 3 is 2.72 bits per heavy atom. The molecule has 0 radical (unpaired) electrons. The summed E-state index contributed by atoms with van der Waals surface area (Å²) in [6.07, 6.45) is -1.03. The van der Waals surface area contributed by atoms with E-state index in [1.165, 1.54) is 5.39 Å². The van der Waals surface area contributed by atoms with Crippen molar-refractivity contribution in [1.82, 2.24) is 10.3 Å². The Balaban J connectivity index is 1.51. The number of hydrogen-bond donors (Lipinski definition) is 4. The van der Waals surface area contributed by atoms with Crippen molar-refractivity contribution in [3.05, 3.63) is 42.5 Å². The van der Waals surface area contributed by atoms with Crippen LogP contribution in [0, 0.1) is 0 Å². The summed E-state index contributed by atoms with van der Waals surface area (Å²) < 4.78 is 27.4. The van der Waals surface area contributed by atoms with E-state index in [0.717, 1.165) is 22.2 Å². The second-order valence-electron chi connectivity index (χ2n) is 5.91. The van der Waals surface area contributed by atoms with Crippen molar-refractivity contribution in [3.8, 4) is 5.75 Å². The first kappa shape index (κ1) is 17.7. The zero-order valence-electron chi connectivity index (χ0n) is 13.6. The summed E-state index contributed by atoms with van der Waals surface area (Å²) >= 11 is 0. The first-order chi connectivity index (χ1) is 11.9. The van der Waals surface area contributed by atoms with Gasteiger partial charge in [0.25, 0.3) is 0 Å². The summed E-state index contributed by atoms with van der Waals surface area (Å²) in [7, 11) is -3.67. The largest absolute Gasteiger partial charge is 0.492 e. The van der Waals surface area contributed by atoms with Crippen LogP contribution >= 0.6 is 0 Å². The first-order valence-corrected chi connectivity index (χ1v) is 9.66. The lowest BCUT2D eigenvalue weighted by Gasteiger charge is -2.11. The topological polar surface area (TPSA) is 117 Å². The molecule has 2 aromatic carbocycles. The second-order valence-corrected chi connectivity index (χ2v) is 7.57. The smallest absolute Gasteiger partial charge is 0.211 e. The number of nitrogens with one attached hydrogen (secondary N) is 2. The average Bonchev–Trinajstić information content (AvgIpc) is 2.90. The molecule has 1 heterocycles. The minimum Gasteiger partial charge on any atom is -0.492 e. The van der Waals surface area contributed by atoms with Crippen molar-refractivity contribution in [2.24, 2.45) is 5.14 Å². The Kier molecular flexibility index (Phi) is 5.24. The number of primary sulfonamides is 1. The summed E-state index contributed by atoms with van der Waals surface area (Å²) in [5.74, 6) is 0.281. The van der Waals surface area contributed by atoms with Crippen LogP contribution in [0.15, 0.2) is 42.5 Å². The number of aliphatic hydroxyl groups excluding tert-OH is 1. The van der Waals surface area contributed by atoms with Crippen molar-refractivity contribution < 1.29 is 18.3 Å². The number of fused-ring (bicyclic) bond motifs is 3. The van der Waals surface area contributed by atoms with E-state index in [4.69, 9.17) is 9.88 Å². The van der Waals surface area contributed by atoms with E-state index in [1.54, 1.807) is 0 Å². The molecule has 0 amide bonds. The molecule has 0 bridgehead atoms. The fourth-order valence-corrected chi connectivity index (χ4v) is 3.41. The number of sulfonamides is 1. The van der Waals surface area contributed by atoms with Crippen LogP contribution in [0.25, 0.3) is 21.8 Å². The molecule has 0 aliphatic rings. The fourth-order valence-electron chi connectivity index (χ4n) is 2.76. The maximum atomic E-state index is 10.8. The van der Waals surface area contributed by atoms with Gasteiger partial charge in [-0.05, 0) is 18.2 Å². The van der Waals surface area contributed by atoms with Gasteiger partial charge in [-0.1, -0.05) is 18.2 Å². The van der Waals surface area contributed by atoms with E-state index >= 15 is 0 Å². The number of nitrogens with two attached hydrogens (primary N) is 1. The van der Waals surface area contributed by atoms with Gasteiger partial charge in [0.1, 0.15) is 12.4 Å². The molecule has 7 nitrogen and oxygen atoms in total. The Morgan fingerprint density at radius 1 is 1.16 bits per heavy atom. The highest BCUT2D eigenvalue weighted by Crippen LogP contribution is 2.27. The monoisotopic (exact) mass is 363 g/mol. The van der Waals surface area contributed by atoms with Crippen LogP contribution in [0.2, 0.25) is 0 Å². The van der Waals surface area contributed by atoms with E-state index in [2.05, 4.69) is 16.4 Å². The predicted molar refractivity (Wildman–Crippen MR) is 98.2 cm³/mol. The number of aromatic amines is 1. The van der Waals surface area contributed by atoms with Gasteiger partial charge in [-0.3, -0.25) is 0 Å². The molecule has 8 heteroatoms. The fraction of sp³-hybridized carbons (Fsp3) is 0.294. The quantitative estimate of drug-likeness (QED) is 0.444. The second kappa shape index (κ2) is 7.40. The molecular formula is C17H21N3O4S. The molecule has 0 saturated heterocycles. The summed E-state index contributed by atoms with van der Waals surface area (Å²) in [5.41, 5.74) is 2.09. The molecule has 0 saturated carbocycles. The minimum atomic E-state index is -3.67. The number of ether oxygens (including phenoxy) is 1. The minimum absolute atomic E-state index is 0.140. The zero-order chi connectivity index (χ0) is 17.9. The van der Waals surface area contributed by atoms with Gasteiger partial charge in [0.2, 0.25) is 10.0 Å². The van der Waals surface area contributed by atoms with Crippen LogP contribution in [-0.2, 0) is 10.0 Å². The standard InChI is InChI=1S/C17H21N3O4S/c18-25(22,23)11-12(21)10-19-7-8-24-13-5-6-15-14-3-1-2-4-16(14)20-17(15)9-13/h1-6,9,12,19-21H,7-8,10-11H2,(H2,18,22,23). The molecule has 3 rings (SSSR count). The zero-order valence-corrected chi connectivity index (χ0v) is 14.4. The molecule has 5 N–H and O–H groups in total. The molecule has 0 fully saturated rings. The molecule has 1 aromatic heterocycles. The Morgan fingerprint density at radius 2 is 1.92 bits per heavy atom. The maximum Gasteiger partial charge on any atom is 0.211 e. The number of para-hydroxylation sites is 1. The normalized spacial score (nSPS) is 13.4. The number of aliphatic hydroxyl groups is 1. The van der Waals surface area contributed by atoms with Crippen LogP contribution < -0.4 is 15.2 Å². The van der Waals surface area contributed by atoms with Crippen LogP contribution in [0.1, 0.15) is 0 Å². The summed E-state index contributed by atoms with van der Waals surface area (Å²) in [4.78, 5) is 3.36. The Labute approximate surface area is 145 Å². The van der Waals surface area contributed by atoms with E-state index in [9.17, 15) is 13.5 Å². The molecule has 0 aliphatic heterocycles. The van der Waals surface area contributed by atoms with E-state index in [1.807, 2.05) is 36.4 Å². The van der Waals surface area contributed by atoms with Gasteiger partial charge in [-0.15, -0.1) is 0 Å². The molecule has 1 atom stereocenters. The van der Waals surface area contributed by atoms with Crippen molar-refractivity contribution in [1.29, 1.82) is 0 Å². The third kappa shape index (κ3) is 4.70. The van der Waals surface area contributed by atoms with Crippen molar-refractivity contribution in [3.63, 3.8) is 0 Å². The van der Waals surface area contributed by atoms with Gasteiger partial charge in [0, 0.05) is 35.4 Å². The van der Waals surface area contributed by atoms with E-state index in [0.29, 0.717) is 13.2 Å². The summed E-state index contributed by atoms with van der Waals surface area (Å²) in [6.45, 7) is 1.01. The Hall–Kier alpha value is -2.13. The molecule has 0 spiro atoms. The van der Waals surface area contributed by atoms with Gasteiger partial charge < -0.3 is 20.1 Å². The summed E-state index contributed by atoms with van der Waals surface area (Å²) in [6, 6.07) is 14.0. The highest BCUT2D eigenvalue weighted by Gasteiger charge is 2.12. The van der Waals surface area contributed by atoms with Crippen LogP contribution in [0.3, 0.4) is 0 Å². The predicted octanol–water partition coefficient (Wildman–Crippen LogP) is 0.939. The van der Waals surface area contributed by atoms with E-state index in [-0.39, 0.29) is 6.54 Å². The molecule has 3 aromatic rings. The molecule has 134 valence electrons. The molecular weight excluding hydrogens is 342 g/mol. The van der Waals surface area contributed by atoms with Crippen LogP contribution in [0.5, 0.6) is 5.75 Å². The van der Waals surface area contributed by atoms with Gasteiger partial charge in [-0.25, -0.2) is 13.6 Å². The van der Waals surface area contributed by atoms with Gasteiger partial charge >= 0.3 is 0 Å². The van der Waals surface area contributed by atoms with Crippen LogP contribution in [-0.4, -0.2) is 50.1 Å². The third-order valence-corrected chi connectivity index (χ3v) is 4.68. The molecule has 1 unspecified atom stereocenters. The lowest BCUT2D eigenvalue weighted by molar-refractivity contribution is 0.190. The summed E-state index contributed by atoms with van der Waals surface area (Å²) in [5, 5.41) is 19.6. The van der Waals surface area contributed by atoms with Crippen molar-refractivity contribution in [2.45, 2.75) is 6.10 Å². The number of H-pyrrole nitrogens is 1. The highest BCUT2D eigenvalue weighted by molar-refractivity contribution is 7.89. The van der Waals surface area contributed by atoms with Gasteiger partial charge in [-0.2, -0.15) is 0 Å². The average molecular weight is 363 g/mol. The van der Waals surface area contributed by atoms with E-state index < -0.39 is 21.9 Å². The Bertz CT molecular complexity index is 968. The number of rotatable bonds is 8. The SMILES string of the molecule is NS(=O)(=O)CC(O)CNCCOc1ccc2c(c1)[nH]c1ccccc12. The third-order valence-electron chi connectivity index (χ3n) is 3.83. The first-order valence-electron chi connectivity index (χ1n) is 7.95. The number of aromatic nitrogens is 1. The lowest BCUT2D eigenvalue weighted by atomic mass is 10.1. The maximum absolute atomic E-state index is 10.8. The molecule has 0 aliphatic carbocycles. The van der Waals surface area contributed by atoms with Crippen molar-refractivity contribution in [2.75, 3.05) is 25.4 Å². The number of hydrogen-bond acceptors (Lipinski definition) is 5. The number of benzene rings is 2. The van der Waals surface area contributed by atoms with Gasteiger partial charge in [0.05, 0.1) is 17.4 Å². The van der Waals surface area contributed by atoms with Crippen molar-refractivity contribution >= 4 is 31.8 Å². The molecule has 25 heavy (non-hydrogen) atoms. The van der Waals surface area contributed by atoms with Crippen LogP contribution in [0.4, 0.5) is 0 Å².